The first-order valence-electron chi connectivity index (χ1n) is 17.5. The number of hydrogen-bond acceptors (Lipinski definition) is 12. The molecule has 0 amide bonds. The molecule has 0 radical (unpaired) electrons. The molecule has 0 unspecified atom stereocenters. The van der Waals surface area contributed by atoms with Crippen LogP contribution in [0, 0.1) is 43.9 Å². The average Bonchev–Trinajstić information content (AvgIpc) is 3.10. The summed E-state index contributed by atoms with van der Waals surface area (Å²) in [5.41, 5.74) is 0.687. The van der Waals surface area contributed by atoms with Crippen LogP contribution < -0.4 is 0 Å². The largest absolute Gasteiger partial charge is 0.296 e. The molecule has 0 atom stereocenters. The van der Waals surface area contributed by atoms with Gasteiger partial charge in [-0.2, -0.15) is 33.7 Å². The quantitative estimate of drug-likeness (QED) is 0.114. The molecule has 0 aromatic heterocycles. The third-order valence-electron chi connectivity index (χ3n) is 10.3. The van der Waals surface area contributed by atoms with Crippen LogP contribution in [0.1, 0.15) is 47.9 Å². The summed E-state index contributed by atoms with van der Waals surface area (Å²) in [6.07, 6.45) is 0.960. The molecule has 2 fully saturated rings. The Morgan fingerprint density at radius 2 is 0.545 bits per heavy atom. The lowest BCUT2D eigenvalue weighted by Crippen LogP contribution is -2.63. The molecule has 296 valence electrons. The summed E-state index contributed by atoms with van der Waals surface area (Å²) in [5, 5.41) is 0. The third-order valence-corrected chi connectivity index (χ3v) is 15.4. The summed E-state index contributed by atoms with van der Waals surface area (Å²) in [6.45, 7) is 5.70. The van der Waals surface area contributed by atoms with Gasteiger partial charge in [-0.15, -0.1) is 0 Å². The van der Waals surface area contributed by atoms with Gasteiger partial charge in [0.05, 0.1) is 46.0 Å². The van der Waals surface area contributed by atoms with E-state index in [2.05, 4.69) is 0 Å². The van der Waals surface area contributed by atoms with Crippen molar-refractivity contribution in [2.45, 2.75) is 73.0 Å². The Morgan fingerprint density at radius 1 is 0.364 bits per heavy atom. The fraction of sp³-hybridized carbons (Fsp3) is 0.385. The summed E-state index contributed by atoms with van der Waals surface area (Å²) in [6, 6.07) is 24.5. The minimum atomic E-state index is -4.23. The summed E-state index contributed by atoms with van der Waals surface area (Å²) in [4.78, 5) is -0.233. The molecule has 6 rings (SSSR count). The molecule has 55 heavy (non-hydrogen) atoms. The fourth-order valence-corrected chi connectivity index (χ4v) is 11.8. The Morgan fingerprint density at radius 3 is 0.727 bits per heavy atom. The molecule has 0 heterocycles. The molecule has 16 heteroatoms. The van der Waals surface area contributed by atoms with Gasteiger partial charge in [-0.3, -0.25) is 16.7 Å². The maximum Gasteiger partial charge on any atom is 0.296 e. The highest BCUT2D eigenvalue weighted by molar-refractivity contribution is 7.87. The first-order chi connectivity index (χ1) is 25.7. The van der Waals surface area contributed by atoms with Crippen molar-refractivity contribution in [3.8, 4) is 0 Å². The van der Waals surface area contributed by atoms with Crippen molar-refractivity contribution in [1.82, 2.24) is 0 Å². The van der Waals surface area contributed by atoms with E-state index in [4.69, 9.17) is 16.7 Å². The number of rotatable bonds is 16. The molecular weight excluding hydrogens is 789 g/mol. The van der Waals surface area contributed by atoms with Crippen LogP contribution >= 0.6 is 0 Å². The Hall–Kier alpha value is -3.48. The van der Waals surface area contributed by atoms with Gasteiger partial charge in [-0.05, 0) is 107 Å². The highest BCUT2D eigenvalue weighted by Gasteiger charge is 2.66. The lowest BCUT2D eigenvalue weighted by atomic mass is 9.39. The third kappa shape index (κ3) is 9.39. The SMILES string of the molecule is Cc1ccc(S(=O)(=O)OCC2(COS(=O)(=O)c3ccc(C)cc3)CC3(C2)CC(COS(=O)(=O)c2ccc(C)cc2)(COS(=O)(=O)c2ccc(C)cc2)C3)cc1. The van der Waals surface area contributed by atoms with Gasteiger partial charge in [0.2, 0.25) is 0 Å². The molecule has 12 nitrogen and oxygen atoms in total. The van der Waals surface area contributed by atoms with E-state index in [1.807, 2.05) is 27.7 Å². The lowest BCUT2D eigenvalue weighted by Gasteiger charge is -2.67. The zero-order valence-corrected chi connectivity index (χ0v) is 34.2. The molecule has 4 aromatic carbocycles. The van der Waals surface area contributed by atoms with E-state index in [1.165, 1.54) is 48.5 Å². The van der Waals surface area contributed by atoms with Crippen molar-refractivity contribution in [3.05, 3.63) is 119 Å². The van der Waals surface area contributed by atoms with Crippen LogP contribution in [-0.2, 0) is 57.2 Å². The van der Waals surface area contributed by atoms with Crippen molar-refractivity contribution in [2.75, 3.05) is 26.4 Å². The first kappa shape index (κ1) is 41.2. The van der Waals surface area contributed by atoms with Gasteiger partial charge < -0.3 is 0 Å². The zero-order chi connectivity index (χ0) is 39.9. The first-order valence-corrected chi connectivity index (χ1v) is 23.1. The van der Waals surface area contributed by atoms with Crippen LogP contribution in [0.2, 0.25) is 0 Å². The van der Waals surface area contributed by atoms with Crippen LogP contribution in [0.15, 0.2) is 117 Å². The highest BCUT2D eigenvalue weighted by Crippen LogP contribution is 2.70. The number of benzene rings is 4. The average molecular weight is 833 g/mol. The Labute approximate surface area is 324 Å². The van der Waals surface area contributed by atoms with Gasteiger partial charge in [0.1, 0.15) is 0 Å². The topological polar surface area (TPSA) is 173 Å². The van der Waals surface area contributed by atoms with E-state index in [1.54, 1.807) is 48.5 Å². The molecule has 0 aliphatic heterocycles. The summed E-state index contributed by atoms with van der Waals surface area (Å²) >= 11 is 0. The van der Waals surface area contributed by atoms with Gasteiger partial charge in [0.15, 0.2) is 0 Å². The second kappa shape index (κ2) is 15.1. The predicted octanol–water partition coefficient (Wildman–Crippen LogP) is 6.39. The maximum absolute atomic E-state index is 13.2. The van der Waals surface area contributed by atoms with Gasteiger partial charge in [0, 0.05) is 10.8 Å². The van der Waals surface area contributed by atoms with Crippen LogP contribution in [0.4, 0.5) is 0 Å². The molecular formula is C39H44O12S4. The predicted molar refractivity (Wildman–Crippen MR) is 203 cm³/mol. The van der Waals surface area contributed by atoms with Crippen LogP contribution in [0.3, 0.4) is 0 Å². The van der Waals surface area contributed by atoms with E-state index < -0.39 is 83.1 Å². The number of hydrogen-bond donors (Lipinski definition) is 0. The second-order valence-electron chi connectivity index (χ2n) is 15.3. The van der Waals surface area contributed by atoms with Gasteiger partial charge >= 0.3 is 0 Å². The Kier molecular flexibility index (Phi) is 11.3. The second-order valence-corrected chi connectivity index (χ2v) is 21.8. The van der Waals surface area contributed by atoms with Gasteiger partial charge in [0.25, 0.3) is 40.5 Å². The molecule has 0 saturated heterocycles. The van der Waals surface area contributed by atoms with Crippen molar-refractivity contribution in [3.63, 3.8) is 0 Å². The molecule has 2 saturated carbocycles. The van der Waals surface area contributed by atoms with E-state index >= 15 is 0 Å². The number of aryl methyl sites for hydroxylation is 4. The standard InChI is InChI=1S/C39H44O12S4/c1-29-5-13-33(14-6-29)52(40,41)48-25-38(26-49-53(42,43)34-15-7-30(2)8-16-34)21-37(22-38)23-39(24-37,27-50-54(44,45)35-17-9-31(3)10-18-35)28-51-55(46,47)36-19-11-32(4)12-20-36/h5-20H,21-28H2,1-4H3. The summed E-state index contributed by atoms with van der Waals surface area (Å²) in [5.74, 6) is 0. The minimum Gasteiger partial charge on any atom is -0.266 e. The van der Waals surface area contributed by atoms with E-state index in [0.29, 0.717) is 0 Å². The van der Waals surface area contributed by atoms with E-state index in [0.717, 1.165) is 22.3 Å². The van der Waals surface area contributed by atoms with E-state index in [9.17, 15) is 33.7 Å². The Balaban J connectivity index is 1.23. The maximum atomic E-state index is 13.2. The molecule has 0 bridgehead atoms. The molecule has 2 aliphatic carbocycles. The highest BCUT2D eigenvalue weighted by atomic mass is 32.2. The van der Waals surface area contributed by atoms with Crippen molar-refractivity contribution >= 4 is 40.5 Å². The van der Waals surface area contributed by atoms with E-state index in [-0.39, 0.29) is 45.3 Å². The van der Waals surface area contributed by atoms with Crippen LogP contribution in [0.5, 0.6) is 0 Å². The summed E-state index contributed by atoms with van der Waals surface area (Å²) in [7, 11) is -16.9. The van der Waals surface area contributed by atoms with Gasteiger partial charge in [-0.25, -0.2) is 0 Å². The van der Waals surface area contributed by atoms with Crippen molar-refractivity contribution in [2.24, 2.45) is 16.2 Å². The molecule has 1 spiro atoms. The minimum absolute atomic E-state index is 0.0583. The Bertz CT molecular complexity index is 2110. The van der Waals surface area contributed by atoms with Crippen molar-refractivity contribution in [1.29, 1.82) is 0 Å². The monoisotopic (exact) mass is 832 g/mol. The van der Waals surface area contributed by atoms with Crippen molar-refractivity contribution < 1.29 is 50.4 Å². The van der Waals surface area contributed by atoms with Crippen LogP contribution in [-0.4, -0.2) is 60.1 Å². The molecule has 0 N–H and O–H groups in total. The molecule has 2 aliphatic rings. The lowest BCUT2D eigenvalue weighted by molar-refractivity contribution is -0.205. The normalized spacial score (nSPS) is 17.7. The zero-order valence-electron chi connectivity index (χ0n) is 30.9. The fourth-order valence-electron chi connectivity index (χ4n) is 7.72. The van der Waals surface area contributed by atoms with Gasteiger partial charge in [-0.1, -0.05) is 70.8 Å². The summed E-state index contributed by atoms with van der Waals surface area (Å²) < 4.78 is 128. The smallest absolute Gasteiger partial charge is 0.266 e. The molecule has 4 aromatic rings. The van der Waals surface area contributed by atoms with Crippen LogP contribution in [0.25, 0.3) is 0 Å².